The Hall–Kier alpha value is -3.65. The van der Waals surface area contributed by atoms with Crippen LogP contribution in [0, 0.1) is 6.92 Å². The zero-order valence-corrected chi connectivity index (χ0v) is 17.1. The molecule has 0 spiro atoms. The molecule has 0 heterocycles. The lowest BCUT2D eigenvalue weighted by Gasteiger charge is -2.20. The minimum Gasteiger partial charge on any atom is -0.545 e. The van der Waals surface area contributed by atoms with Crippen molar-refractivity contribution in [3.05, 3.63) is 89.5 Å². The smallest absolute Gasteiger partial charge is 0.264 e. The summed E-state index contributed by atoms with van der Waals surface area (Å²) in [6, 6.07) is 18.3. The number of carbonyl (C=O) groups is 2. The molecule has 3 aromatic rings. The van der Waals surface area contributed by atoms with Gasteiger partial charge in [0.1, 0.15) is 0 Å². The number of nitrogens with zero attached hydrogens (tertiary/aromatic N) is 1. The molecule has 0 aliphatic heterocycles. The number of aromatic carboxylic acids is 1. The normalized spacial score (nSPS) is 11.0. The number of aryl methyl sites for hydroxylation is 1. The number of anilines is 2. The zero-order chi connectivity index (χ0) is 21.9. The molecular weight excluding hydrogens is 404 g/mol. The molecule has 1 amide bonds. The van der Waals surface area contributed by atoms with Gasteiger partial charge in [-0.3, -0.25) is 9.10 Å². The molecule has 0 saturated carbocycles. The number of amides is 1. The lowest BCUT2D eigenvalue weighted by atomic mass is 10.2. The van der Waals surface area contributed by atoms with Crippen LogP contribution < -0.4 is 14.7 Å². The fourth-order valence-electron chi connectivity index (χ4n) is 2.83. The fourth-order valence-corrected chi connectivity index (χ4v) is 4.01. The first-order valence-electron chi connectivity index (χ1n) is 8.97. The van der Waals surface area contributed by atoms with Gasteiger partial charge in [-0.1, -0.05) is 24.3 Å². The van der Waals surface area contributed by atoms with E-state index in [0.29, 0.717) is 5.69 Å². The van der Waals surface area contributed by atoms with Crippen molar-refractivity contribution in [3.8, 4) is 0 Å². The molecule has 0 aliphatic rings. The Morgan fingerprint density at radius 3 is 2.20 bits per heavy atom. The highest BCUT2D eigenvalue weighted by Crippen LogP contribution is 2.23. The number of carboxylic acids is 1. The lowest BCUT2D eigenvalue weighted by Crippen LogP contribution is -2.26. The Labute approximate surface area is 174 Å². The van der Waals surface area contributed by atoms with E-state index in [1.807, 2.05) is 13.0 Å². The van der Waals surface area contributed by atoms with E-state index in [0.717, 1.165) is 5.56 Å². The molecule has 8 heteroatoms. The topological polar surface area (TPSA) is 107 Å². The van der Waals surface area contributed by atoms with Crippen LogP contribution in [0.4, 0.5) is 11.4 Å². The largest absolute Gasteiger partial charge is 0.545 e. The van der Waals surface area contributed by atoms with E-state index < -0.39 is 21.9 Å². The van der Waals surface area contributed by atoms with Crippen LogP contribution in [0.15, 0.2) is 77.7 Å². The Morgan fingerprint density at radius 2 is 1.57 bits per heavy atom. The molecular formula is C22H19N2O5S-. The van der Waals surface area contributed by atoms with Crippen LogP contribution in [0.3, 0.4) is 0 Å². The number of sulfonamides is 1. The highest BCUT2D eigenvalue weighted by Gasteiger charge is 2.21. The van der Waals surface area contributed by atoms with Gasteiger partial charge in [0, 0.05) is 18.3 Å². The third kappa shape index (κ3) is 4.49. The molecule has 3 aromatic carbocycles. The van der Waals surface area contributed by atoms with Gasteiger partial charge in [-0.2, -0.15) is 0 Å². The van der Waals surface area contributed by atoms with Crippen LogP contribution in [0.2, 0.25) is 0 Å². The second kappa shape index (κ2) is 8.38. The van der Waals surface area contributed by atoms with Crippen molar-refractivity contribution in [1.82, 2.24) is 0 Å². The fraction of sp³-hybridized carbons (Fsp3) is 0.0909. The van der Waals surface area contributed by atoms with Gasteiger partial charge < -0.3 is 15.2 Å². The molecule has 30 heavy (non-hydrogen) atoms. The number of hydrogen-bond acceptors (Lipinski definition) is 5. The van der Waals surface area contributed by atoms with Crippen molar-refractivity contribution in [1.29, 1.82) is 0 Å². The van der Waals surface area contributed by atoms with E-state index in [2.05, 4.69) is 5.32 Å². The molecule has 1 N–H and O–H groups in total. The first kappa shape index (κ1) is 21.1. The van der Waals surface area contributed by atoms with Gasteiger partial charge in [0.25, 0.3) is 15.9 Å². The van der Waals surface area contributed by atoms with Crippen molar-refractivity contribution in [2.24, 2.45) is 0 Å². The average Bonchev–Trinajstić information content (AvgIpc) is 2.73. The molecule has 0 aliphatic carbocycles. The second-order valence-electron chi connectivity index (χ2n) is 6.66. The molecule has 0 bridgehead atoms. The van der Waals surface area contributed by atoms with E-state index >= 15 is 0 Å². The Morgan fingerprint density at radius 1 is 0.900 bits per heavy atom. The first-order chi connectivity index (χ1) is 14.2. The summed E-state index contributed by atoms with van der Waals surface area (Å²) in [5.74, 6) is -1.85. The minimum atomic E-state index is -3.80. The van der Waals surface area contributed by atoms with Gasteiger partial charge in [-0.25, -0.2) is 8.42 Å². The summed E-state index contributed by atoms with van der Waals surface area (Å²) in [5, 5.41) is 13.5. The van der Waals surface area contributed by atoms with Crippen molar-refractivity contribution < 1.29 is 23.1 Å². The highest BCUT2D eigenvalue weighted by atomic mass is 32.2. The van der Waals surface area contributed by atoms with E-state index in [-0.39, 0.29) is 21.7 Å². The molecule has 3 rings (SSSR count). The quantitative estimate of drug-likeness (QED) is 0.655. The summed E-state index contributed by atoms with van der Waals surface area (Å²) in [6.45, 7) is 1.88. The van der Waals surface area contributed by atoms with Crippen LogP contribution in [0.1, 0.15) is 26.3 Å². The van der Waals surface area contributed by atoms with Crippen molar-refractivity contribution in [3.63, 3.8) is 0 Å². The Balaban J connectivity index is 1.79. The van der Waals surface area contributed by atoms with Crippen LogP contribution >= 0.6 is 0 Å². The number of carboxylic acid groups (broad SMARTS) is 1. The van der Waals surface area contributed by atoms with Crippen molar-refractivity contribution >= 4 is 33.3 Å². The third-order valence-electron chi connectivity index (χ3n) is 4.50. The van der Waals surface area contributed by atoms with Crippen LogP contribution in [-0.2, 0) is 10.0 Å². The van der Waals surface area contributed by atoms with Gasteiger partial charge in [0.05, 0.1) is 16.6 Å². The lowest BCUT2D eigenvalue weighted by molar-refractivity contribution is -0.255. The summed E-state index contributed by atoms with van der Waals surface area (Å²) in [4.78, 5) is 23.4. The predicted octanol–water partition coefficient (Wildman–Crippen LogP) is 2.44. The third-order valence-corrected chi connectivity index (χ3v) is 6.30. The van der Waals surface area contributed by atoms with Gasteiger partial charge in [0.15, 0.2) is 0 Å². The van der Waals surface area contributed by atoms with Gasteiger partial charge in [-0.15, -0.1) is 0 Å². The number of hydrogen-bond donors (Lipinski definition) is 1. The van der Waals surface area contributed by atoms with E-state index in [9.17, 15) is 23.1 Å². The standard InChI is InChI=1S/C22H20N2O5S/c1-15-5-3-8-19(13-15)24(2)30(28,29)20-11-9-16(10-12-20)21(25)23-18-7-4-6-17(14-18)22(26)27/h3-14H,1-2H3,(H,23,25)(H,26,27)/p-1. The van der Waals surface area contributed by atoms with Gasteiger partial charge >= 0.3 is 0 Å². The molecule has 7 nitrogen and oxygen atoms in total. The molecule has 154 valence electrons. The maximum absolute atomic E-state index is 12.9. The molecule has 0 atom stereocenters. The molecule has 0 unspecified atom stereocenters. The number of carbonyl (C=O) groups excluding carboxylic acids is 2. The van der Waals surface area contributed by atoms with E-state index in [1.54, 1.807) is 24.3 Å². The summed E-state index contributed by atoms with van der Waals surface area (Å²) in [7, 11) is -2.33. The second-order valence-corrected chi connectivity index (χ2v) is 8.63. The Bertz CT molecular complexity index is 1200. The summed E-state index contributed by atoms with van der Waals surface area (Å²) < 4.78 is 26.9. The molecule has 0 saturated heterocycles. The van der Waals surface area contributed by atoms with E-state index in [1.165, 1.54) is 53.8 Å². The van der Waals surface area contributed by atoms with Gasteiger partial charge in [0.2, 0.25) is 0 Å². The SMILES string of the molecule is Cc1cccc(N(C)S(=O)(=O)c2ccc(C(=O)Nc3cccc(C(=O)[O-])c3)cc2)c1. The summed E-state index contributed by atoms with van der Waals surface area (Å²) in [5.41, 5.74) is 1.92. The molecule has 0 aromatic heterocycles. The maximum atomic E-state index is 12.9. The number of rotatable bonds is 6. The summed E-state index contributed by atoms with van der Waals surface area (Å²) >= 11 is 0. The zero-order valence-electron chi connectivity index (χ0n) is 16.3. The van der Waals surface area contributed by atoms with E-state index in [4.69, 9.17) is 0 Å². The molecule has 0 fully saturated rings. The van der Waals surface area contributed by atoms with Crippen LogP contribution in [0.5, 0.6) is 0 Å². The van der Waals surface area contributed by atoms with Gasteiger partial charge in [-0.05, 0) is 66.6 Å². The van der Waals surface area contributed by atoms with Crippen LogP contribution in [0.25, 0.3) is 0 Å². The first-order valence-corrected chi connectivity index (χ1v) is 10.4. The minimum absolute atomic E-state index is 0.0435. The predicted molar refractivity (Wildman–Crippen MR) is 112 cm³/mol. The monoisotopic (exact) mass is 423 g/mol. The Kier molecular flexibility index (Phi) is 5.89. The molecule has 0 radical (unpaired) electrons. The van der Waals surface area contributed by atoms with Crippen molar-refractivity contribution in [2.45, 2.75) is 11.8 Å². The average molecular weight is 423 g/mol. The highest BCUT2D eigenvalue weighted by molar-refractivity contribution is 7.92. The number of benzene rings is 3. The summed E-state index contributed by atoms with van der Waals surface area (Å²) in [6.07, 6.45) is 0. The van der Waals surface area contributed by atoms with Crippen molar-refractivity contribution in [2.75, 3.05) is 16.7 Å². The van der Waals surface area contributed by atoms with Crippen LogP contribution in [-0.4, -0.2) is 27.3 Å². The number of nitrogens with one attached hydrogen (secondary N) is 1. The maximum Gasteiger partial charge on any atom is 0.264 e.